The van der Waals surface area contributed by atoms with Crippen LogP contribution in [0.3, 0.4) is 0 Å². The molecule has 0 atom stereocenters. The van der Waals surface area contributed by atoms with Crippen molar-refractivity contribution in [2.24, 2.45) is 0 Å². The van der Waals surface area contributed by atoms with Gasteiger partial charge < -0.3 is 15.1 Å². The largest absolute Gasteiger partial charge is 0.368 e. The molecule has 2 heterocycles. The van der Waals surface area contributed by atoms with Crippen molar-refractivity contribution in [3.63, 3.8) is 0 Å². The highest BCUT2D eigenvalue weighted by atomic mass is 35.5. The fraction of sp³-hybridized carbons (Fsp3) is 0.238. The predicted molar refractivity (Wildman–Crippen MR) is 115 cm³/mol. The first-order chi connectivity index (χ1) is 14.5. The summed E-state index contributed by atoms with van der Waals surface area (Å²) in [6.07, 6.45) is 0. The lowest BCUT2D eigenvalue weighted by Crippen LogP contribution is -2.51. The van der Waals surface area contributed by atoms with E-state index in [0.717, 1.165) is 5.69 Å². The molecule has 30 heavy (non-hydrogen) atoms. The smallest absolute Gasteiger partial charge is 0.272 e. The van der Waals surface area contributed by atoms with Crippen molar-refractivity contribution in [3.05, 3.63) is 69.6 Å². The van der Waals surface area contributed by atoms with Gasteiger partial charge in [0.25, 0.3) is 11.5 Å². The number of H-pyrrole nitrogens is 1. The van der Waals surface area contributed by atoms with Crippen molar-refractivity contribution < 1.29 is 9.59 Å². The molecule has 2 N–H and O–H groups in total. The lowest BCUT2D eigenvalue weighted by Gasteiger charge is -2.36. The summed E-state index contributed by atoms with van der Waals surface area (Å²) in [4.78, 5) is 40.8. The number of benzene rings is 2. The molecule has 0 radical (unpaired) electrons. The summed E-state index contributed by atoms with van der Waals surface area (Å²) in [7, 11) is 0. The molecule has 0 aliphatic carbocycles. The quantitative estimate of drug-likeness (QED) is 0.662. The van der Waals surface area contributed by atoms with Gasteiger partial charge in [-0.15, -0.1) is 0 Å². The zero-order valence-corrected chi connectivity index (χ0v) is 16.9. The number of hydrogen-bond donors (Lipinski definition) is 2. The lowest BCUT2D eigenvalue weighted by molar-refractivity contribution is -0.130. The molecule has 4 rings (SSSR count). The fourth-order valence-electron chi connectivity index (χ4n) is 3.53. The number of anilines is 1. The minimum absolute atomic E-state index is 0.0868. The molecule has 3 aromatic rings. The summed E-state index contributed by atoms with van der Waals surface area (Å²) < 4.78 is 0. The van der Waals surface area contributed by atoms with Gasteiger partial charge in [0, 0.05) is 42.3 Å². The van der Waals surface area contributed by atoms with E-state index in [1.807, 2.05) is 24.3 Å². The maximum Gasteiger partial charge on any atom is 0.272 e. The van der Waals surface area contributed by atoms with E-state index in [1.165, 1.54) is 0 Å². The molecular weight excluding hydrogens is 406 g/mol. The van der Waals surface area contributed by atoms with Crippen LogP contribution in [-0.2, 0) is 4.79 Å². The Labute approximate surface area is 177 Å². The maximum absolute atomic E-state index is 12.5. The number of aromatic amines is 1. The molecule has 1 fully saturated rings. The van der Waals surface area contributed by atoms with Gasteiger partial charge in [-0.2, -0.15) is 5.10 Å². The SMILES string of the molecule is O=C(NCC(=O)N1CCN(c2cccc(Cl)c2)CC1)c1n[nH]c(=O)c2ccccc12. The molecule has 1 saturated heterocycles. The summed E-state index contributed by atoms with van der Waals surface area (Å²) >= 11 is 6.05. The Bertz CT molecular complexity index is 1150. The second-order valence-electron chi connectivity index (χ2n) is 6.98. The van der Waals surface area contributed by atoms with Crippen LogP contribution < -0.4 is 15.8 Å². The fourth-order valence-corrected chi connectivity index (χ4v) is 3.71. The Kier molecular flexibility index (Phi) is 5.67. The van der Waals surface area contributed by atoms with Gasteiger partial charge in [0.15, 0.2) is 5.69 Å². The molecule has 0 saturated carbocycles. The number of halogens is 1. The zero-order valence-electron chi connectivity index (χ0n) is 16.1. The summed E-state index contributed by atoms with van der Waals surface area (Å²) in [6, 6.07) is 14.3. The van der Waals surface area contributed by atoms with Crippen LogP contribution in [0.1, 0.15) is 10.5 Å². The number of hydrogen-bond acceptors (Lipinski definition) is 5. The van der Waals surface area contributed by atoms with Crippen LogP contribution in [0.25, 0.3) is 10.8 Å². The van der Waals surface area contributed by atoms with E-state index in [0.29, 0.717) is 42.0 Å². The lowest BCUT2D eigenvalue weighted by atomic mass is 10.1. The highest BCUT2D eigenvalue weighted by Crippen LogP contribution is 2.20. The van der Waals surface area contributed by atoms with Gasteiger partial charge in [0.1, 0.15) is 0 Å². The zero-order chi connectivity index (χ0) is 21.1. The normalized spacial score (nSPS) is 14.0. The standard InChI is InChI=1S/C21H20ClN5O3/c22-14-4-3-5-15(12-14)26-8-10-27(11-9-26)18(28)13-23-21(30)19-16-6-1-2-7-17(16)20(29)25-24-19/h1-7,12H,8-11,13H2,(H,23,30)(H,25,29). The average Bonchev–Trinajstić information content (AvgIpc) is 2.78. The van der Waals surface area contributed by atoms with Crippen molar-refractivity contribution >= 4 is 39.9 Å². The average molecular weight is 426 g/mol. The number of piperazine rings is 1. The number of fused-ring (bicyclic) bond motifs is 1. The van der Waals surface area contributed by atoms with E-state index in [2.05, 4.69) is 20.4 Å². The van der Waals surface area contributed by atoms with E-state index in [9.17, 15) is 14.4 Å². The molecule has 0 bridgehead atoms. The van der Waals surface area contributed by atoms with Gasteiger partial charge in [-0.05, 0) is 24.3 Å². The van der Waals surface area contributed by atoms with Crippen LogP contribution in [0, 0.1) is 0 Å². The third-order valence-corrected chi connectivity index (χ3v) is 5.35. The third kappa shape index (κ3) is 4.13. The van der Waals surface area contributed by atoms with E-state index in [-0.39, 0.29) is 23.7 Å². The molecule has 0 spiro atoms. The summed E-state index contributed by atoms with van der Waals surface area (Å²) in [6.45, 7) is 2.35. The maximum atomic E-state index is 12.5. The van der Waals surface area contributed by atoms with Crippen molar-refractivity contribution in [2.45, 2.75) is 0 Å². The van der Waals surface area contributed by atoms with E-state index in [4.69, 9.17) is 11.6 Å². The molecule has 1 aliphatic rings. The molecular formula is C21H20ClN5O3. The van der Waals surface area contributed by atoms with Gasteiger partial charge >= 0.3 is 0 Å². The number of rotatable bonds is 4. The third-order valence-electron chi connectivity index (χ3n) is 5.12. The topological polar surface area (TPSA) is 98.4 Å². The second-order valence-corrected chi connectivity index (χ2v) is 7.41. The van der Waals surface area contributed by atoms with Gasteiger partial charge in [-0.3, -0.25) is 14.4 Å². The second kappa shape index (κ2) is 8.54. The Morgan fingerprint density at radius 1 is 1.03 bits per heavy atom. The number of aromatic nitrogens is 2. The Morgan fingerprint density at radius 3 is 2.50 bits per heavy atom. The molecule has 9 heteroatoms. The molecule has 1 aliphatic heterocycles. The monoisotopic (exact) mass is 425 g/mol. The number of amides is 2. The minimum Gasteiger partial charge on any atom is -0.368 e. The van der Waals surface area contributed by atoms with Crippen LogP contribution >= 0.6 is 11.6 Å². The first-order valence-corrected chi connectivity index (χ1v) is 9.94. The van der Waals surface area contributed by atoms with E-state index < -0.39 is 5.91 Å². The Balaban J connectivity index is 1.35. The predicted octanol–water partition coefficient (Wildman–Crippen LogP) is 1.66. The highest BCUT2D eigenvalue weighted by molar-refractivity contribution is 6.30. The highest BCUT2D eigenvalue weighted by Gasteiger charge is 2.22. The number of nitrogens with one attached hydrogen (secondary N) is 2. The van der Waals surface area contributed by atoms with Crippen LogP contribution in [-0.4, -0.2) is 59.6 Å². The summed E-state index contributed by atoms with van der Waals surface area (Å²) in [5.74, 6) is -0.670. The van der Waals surface area contributed by atoms with Crippen molar-refractivity contribution in [1.29, 1.82) is 0 Å². The molecule has 2 aromatic carbocycles. The number of carbonyl (C=O) groups is 2. The Hall–Kier alpha value is -3.39. The molecule has 0 unspecified atom stereocenters. The van der Waals surface area contributed by atoms with Crippen LogP contribution in [0.5, 0.6) is 0 Å². The molecule has 1 aromatic heterocycles. The number of carbonyl (C=O) groups excluding carboxylic acids is 2. The van der Waals surface area contributed by atoms with Crippen molar-refractivity contribution in [1.82, 2.24) is 20.4 Å². The first kappa shape index (κ1) is 19.9. The summed E-state index contributed by atoms with van der Waals surface area (Å²) in [5.41, 5.74) is 0.749. The minimum atomic E-state index is -0.506. The van der Waals surface area contributed by atoms with Gasteiger partial charge in [-0.25, -0.2) is 5.10 Å². The van der Waals surface area contributed by atoms with Crippen molar-refractivity contribution in [3.8, 4) is 0 Å². The van der Waals surface area contributed by atoms with Crippen LogP contribution in [0.15, 0.2) is 53.3 Å². The van der Waals surface area contributed by atoms with Gasteiger partial charge in [0.05, 0.1) is 11.9 Å². The van der Waals surface area contributed by atoms with E-state index in [1.54, 1.807) is 29.2 Å². The van der Waals surface area contributed by atoms with Gasteiger partial charge in [-0.1, -0.05) is 35.9 Å². The summed E-state index contributed by atoms with van der Waals surface area (Å²) in [5, 5.41) is 10.3. The Morgan fingerprint density at radius 2 is 1.77 bits per heavy atom. The van der Waals surface area contributed by atoms with Gasteiger partial charge in [0.2, 0.25) is 5.91 Å². The van der Waals surface area contributed by atoms with Crippen LogP contribution in [0.2, 0.25) is 5.02 Å². The molecule has 2 amide bonds. The number of nitrogens with zero attached hydrogens (tertiary/aromatic N) is 3. The first-order valence-electron chi connectivity index (χ1n) is 9.57. The van der Waals surface area contributed by atoms with Crippen LogP contribution in [0.4, 0.5) is 5.69 Å². The van der Waals surface area contributed by atoms with E-state index >= 15 is 0 Å². The van der Waals surface area contributed by atoms with Crippen molar-refractivity contribution in [2.75, 3.05) is 37.6 Å². The molecule has 8 nitrogen and oxygen atoms in total. The molecule has 154 valence electrons.